The zero-order valence-corrected chi connectivity index (χ0v) is 12.3. The van der Waals surface area contributed by atoms with Crippen molar-refractivity contribution in [1.82, 2.24) is 9.88 Å². The van der Waals surface area contributed by atoms with Crippen molar-refractivity contribution in [1.29, 1.82) is 0 Å². The van der Waals surface area contributed by atoms with E-state index in [0.717, 1.165) is 5.39 Å². The van der Waals surface area contributed by atoms with Gasteiger partial charge < -0.3 is 15.0 Å². The zero-order valence-electron chi connectivity index (χ0n) is 12.3. The van der Waals surface area contributed by atoms with Crippen LogP contribution in [-0.4, -0.2) is 27.9 Å². The lowest BCUT2D eigenvalue weighted by molar-refractivity contribution is 0.141. The number of aromatic nitrogens is 1. The topological polar surface area (TPSA) is 54.3 Å². The summed E-state index contributed by atoms with van der Waals surface area (Å²) in [5.74, 6) is 0. The second-order valence-electron chi connectivity index (χ2n) is 6.15. The van der Waals surface area contributed by atoms with Gasteiger partial charge in [-0.25, -0.2) is 0 Å². The molecule has 2 rings (SSSR count). The SMILES string of the molecule is CC(C)(C)NCC(O)Cn1ccc2ccccc2c1=O. The first kappa shape index (κ1) is 14.8. The fourth-order valence-corrected chi connectivity index (χ4v) is 2.09. The average molecular weight is 274 g/mol. The van der Waals surface area contributed by atoms with Gasteiger partial charge in [0, 0.05) is 23.7 Å². The number of nitrogens with zero attached hydrogens (tertiary/aromatic N) is 1. The molecule has 0 radical (unpaired) electrons. The number of β-amino-alcohol motifs (C(OH)–C–C–N with tert-alkyl or cyclic N) is 1. The summed E-state index contributed by atoms with van der Waals surface area (Å²) in [6.45, 7) is 6.89. The fourth-order valence-electron chi connectivity index (χ4n) is 2.09. The third kappa shape index (κ3) is 3.68. The highest BCUT2D eigenvalue weighted by atomic mass is 16.3. The number of hydrogen-bond donors (Lipinski definition) is 2. The Bertz CT molecular complexity index is 641. The number of hydrogen-bond acceptors (Lipinski definition) is 3. The van der Waals surface area contributed by atoms with E-state index in [1.165, 1.54) is 0 Å². The summed E-state index contributed by atoms with van der Waals surface area (Å²) in [6.07, 6.45) is 1.15. The van der Waals surface area contributed by atoms with Crippen LogP contribution in [0.4, 0.5) is 0 Å². The molecule has 108 valence electrons. The van der Waals surface area contributed by atoms with Crippen LogP contribution in [0.5, 0.6) is 0 Å². The van der Waals surface area contributed by atoms with Crippen molar-refractivity contribution in [3.8, 4) is 0 Å². The second kappa shape index (κ2) is 5.77. The smallest absolute Gasteiger partial charge is 0.258 e. The minimum Gasteiger partial charge on any atom is -0.390 e. The Labute approximate surface area is 119 Å². The summed E-state index contributed by atoms with van der Waals surface area (Å²) < 4.78 is 1.57. The first-order valence-corrected chi connectivity index (χ1v) is 6.88. The van der Waals surface area contributed by atoms with Gasteiger partial charge in [-0.1, -0.05) is 18.2 Å². The Hall–Kier alpha value is -1.65. The van der Waals surface area contributed by atoms with Gasteiger partial charge in [0.2, 0.25) is 0 Å². The van der Waals surface area contributed by atoms with E-state index in [9.17, 15) is 9.90 Å². The average Bonchev–Trinajstić information content (AvgIpc) is 2.39. The number of benzene rings is 1. The summed E-state index contributed by atoms with van der Waals surface area (Å²) in [5, 5.41) is 14.9. The van der Waals surface area contributed by atoms with Gasteiger partial charge in [-0.15, -0.1) is 0 Å². The number of rotatable bonds is 4. The normalized spacial score (nSPS) is 13.6. The van der Waals surface area contributed by atoms with Crippen LogP contribution >= 0.6 is 0 Å². The Balaban J connectivity index is 2.14. The highest BCUT2D eigenvalue weighted by molar-refractivity contribution is 5.81. The van der Waals surface area contributed by atoms with Crippen molar-refractivity contribution in [2.24, 2.45) is 0 Å². The van der Waals surface area contributed by atoms with Gasteiger partial charge in [-0.3, -0.25) is 4.79 Å². The number of fused-ring (bicyclic) bond motifs is 1. The molecule has 0 aliphatic rings. The highest BCUT2D eigenvalue weighted by Crippen LogP contribution is 2.08. The molecular weight excluding hydrogens is 252 g/mol. The third-order valence-electron chi connectivity index (χ3n) is 3.16. The molecule has 0 amide bonds. The zero-order chi connectivity index (χ0) is 14.8. The largest absolute Gasteiger partial charge is 0.390 e. The van der Waals surface area contributed by atoms with Crippen LogP contribution in [0.3, 0.4) is 0 Å². The van der Waals surface area contributed by atoms with Crippen LogP contribution in [0, 0.1) is 0 Å². The molecule has 2 N–H and O–H groups in total. The number of aliphatic hydroxyl groups is 1. The van der Waals surface area contributed by atoms with Gasteiger partial charge >= 0.3 is 0 Å². The molecule has 0 fully saturated rings. The van der Waals surface area contributed by atoms with E-state index in [1.807, 2.05) is 51.1 Å². The van der Waals surface area contributed by atoms with E-state index in [0.29, 0.717) is 18.5 Å². The summed E-state index contributed by atoms with van der Waals surface area (Å²) in [7, 11) is 0. The molecule has 1 atom stereocenters. The maximum atomic E-state index is 12.3. The molecule has 20 heavy (non-hydrogen) atoms. The first-order valence-electron chi connectivity index (χ1n) is 6.88. The Kier molecular flexibility index (Phi) is 4.26. The summed E-state index contributed by atoms with van der Waals surface area (Å²) in [6, 6.07) is 9.40. The molecular formula is C16H22N2O2. The molecule has 0 saturated heterocycles. The summed E-state index contributed by atoms with van der Waals surface area (Å²) in [4.78, 5) is 12.3. The molecule has 4 heteroatoms. The van der Waals surface area contributed by atoms with E-state index >= 15 is 0 Å². The van der Waals surface area contributed by atoms with Gasteiger partial charge in [0.05, 0.1) is 12.6 Å². The molecule has 0 aliphatic heterocycles. The van der Waals surface area contributed by atoms with Crippen molar-refractivity contribution in [3.05, 3.63) is 46.9 Å². The monoisotopic (exact) mass is 274 g/mol. The van der Waals surface area contributed by atoms with Crippen molar-refractivity contribution < 1.29 is 5.11 Å². The van der Waals surface area contributed by atoms with Crippen LogP contribution in [0.2, 0.25) is 0 Å². The van der Waals surface area contributed by atoms with Gasteiger partial charge in [0.1, 0.15) is 0 Å². The second-order valence-corrected chi connectivity index (χ2v) is 6.15. The lowest BCUT2D eigenvalue weighted by Crippen LogP contribution is -2.42. The standard InChI is InChI=1S/C16H22N2O2/c1-16(2,3)17-10-13(19)11-18-9-8-12-6-4-5-7-14(12)15(18)20/h4-9,13,17,19H,10-11H2,1-3H3. The van der Waals surface area contributed by atoms with Crippen molar-refractivity contribution in [2.45, 2.75) is 39.0 Å². The van der Waals surface area contributed by atoms with Crippen LogP contribution < -0.4 is 10.9 Å². The predicted molar refractivity (Wildman–Crippen MR) is 82.0 cm³/mol. The third-order valence-corrected chi connectivity index (χ3v) is 3.16. The Morgan fingerprint density at radius 3 is 2.65 bits per heavy atom. The lowest BCUT2D eigenvalue weighted by Gasteiger charge is -2.23. The van der Waals surface area contributed by atoms with Gasteiger partial charge in [0.25, 0.3) is 5.56 Å². The number of nitrogens with one attached hydrogen (secondary N) is 1. The van der Waals surface area contributed by atoms with Crippen LogP contribution in [0.25, 0.3) is 10.8 Å². The quantitative estimate of drug-likeness (QED) is 0.893. The van der Waals surface area contributed by atoms with E-state index in [1.54, 1.807) is 10.8 Å². The molecule has 1 unspecified atom stereocenters. The van der Waals surface area contributed by atoms with Crippen molar-refractivity contribution in [3.63, 3.8) is 0 Å². The molecule has 1 heterocycles. The van der Waals surface area contributed by atoms with Crippen molar-refractivity contribution in [2.75, 3.05) is 6.54 Å². The predicted octanol–water partition coefficient (Wildman–Crippen LogP) is 1.75. The molecule has 1 aromatic heterocycles. The van der Waals surface area contributed by atoms with Crippen LogP contribution in [0.1, 0.15) is 20.8 Å². The maximum Gasteiger partial charge on any atom is 0.258 e. The molecule has 4 nitrogen and oxygen atoms in total. The Morgan fingerprint density at radius 1 is 1.25 bits per heavy atom. The summed E-state index contributed by atoms with van der Waals surface area (Å²) >= 11 is 0. The lowest BCUT2D eigenvalue weighted by atomic mass is 10.1. The molecule has 1 aromatic carbocycles. The van der Waals surface area contributed by atoms with Gasteiger partial charge in [-0.05, 0) is 38.3 Å². The minimum atomic E-state index is -0.590. The van der Waals surface area contributed by atoms with Gasteiger partial charge in [0.15, 0.2) is 0 Å². The minimum absolute atomic E-state index is 0.0463. The number of aliphatic hydroxyl groups excluding tert-OH is 1. The summed E-state index contributed by atoms with van der Waals surface area (Å²) in [5.41, 5.74) is -0.104. The fraction of sp³-hybridized carbons (Fsp3) is 0.438. The molecule has 0 aliphatic carbocycles. The molecule has 0 spiro atoms. The van der Waals surface area contributed by atoms with Crippen molar-refractivity contribution >= 4 is 10.8 Å². The van der Waals surface area contributed by atoms with E-state index < -0.39 is 6.10 Å². The van der Waals surface area contributed by atoms with Gasteiger partial charge in [-0.2, -0.15) is 0 Å². The van der Waals surface area contributed by atoms with E-state index in [4.69, 9.17) is 0 Å². The molecule has 2 aromatic rings. The van der Waals surface area contributed by atoms with Crippen LogP contribution in [0.15, 0.2) is 41.3 Å². The molecule has 0 saturated carbocycles. The molecule has 0 bridgehead atoms. The Morgan fingerprint density at radius 2 is 1.95 bits per heavy atom. The maximum absolute atomic E-state index is 12.3. The first-order chi connectivity index (χ1) is 9.37. The van der Waals surface area contributed by atoms with Crippen LogP contribution in [-0.2, 0) is 6.54 Å². The highest BCUT2D eigenvalue weighted by Gasteiger charge is 2.13. The van der Waals surface area contributed by atoms with E-state index in [2.05, 4.69) is 5.32 Å². The number of pyridine rings is 1. The van der Waals surface area contributed by atoms with E-state index in [-0.39, 0.29) is 11.1 Å².